The molecule has 0 spiro atoms. The number of anilines is 1. The molecule has 0 radical (unpaired) electrons. The lowest BCUT2D eigenvalue weighted by Gasteiger charge is -2.16. The third-order valence-corrected chi connectivity index (χ3v) is 4.16. The Bertz CT molecular complexity index is 860. The number of hydrogen-bond donors (Lipinski definition) is 1. The minimum Gasteiger partial charge on any atom is -0.336 e. The first kappa shape index (κ1) is 16.1. The Kier molecular flexibility index (Phi) is 4.57. The summed E-state index contributed by atoms with van der Waals surface area (Å²) in [6.45, 7) is -0.114. The van der Waals surface area contributed by atoms with Crippen molar-refractivity contribution in [2.24, 2.45) is 0 Å². The van der Waals surface area contributed by atoms with Gasteiger partial charge in [-0.25, -0.2) is 9.37 Å². The van der Waals surface area contributed by atoms with E-state index in [9.17, 15) is 14.0 Å². The zero-order chi connectivity index (χ0) is 17.1. The molecule has 0 saturated carbocycles. The number of fused-ring (bicyclic) bond motifs is 1. The summed E-state index contributed by atoms with van der Waals surface area (Å²) in [5, 5.41) is 4.47. The first-order valence-corrected chi connectivity index (χ1v) is 8.10. The van der Waals surface area contributed by atoms with Crippen molar-refractivity contribution >= 4 is 33.8 Å². The normalized spacial score (nSPS) is 10.8. The van der Waals surface area contributed by atoms with Crippen molar-refractivity contribution in [3.8, 4) is 0 Å². The second kappa shape index (κ2) is 6.79. The van der Waals surface area contributed by atoms with Gasteiger partial charge in [0.25, 0.3) is 0 Å². The first-order valence-electron chi connectivity index (χ1n) is 7.22. The average Bonchev–Trinajstić information content (AvgIpc) is 3.08. The zero-order valence-electron chi connectivity index (χ0n) is 12.9. The number of aromatic nitrogens is 2. The quantitative estimate of drug-likeness (QED) is 0.770. The van der Waals surface area contributed by atoms with E-state index in [2.05, 4.69) is 10.3 Å². The average molecular weight is 346 g/mol. The van der Waals surface area contributed by atoms with Gasteiger partial charge in [-0.05, 0) is 18.2 Å². The van der Waals surface area contributed by atoms with E-state index in [0.29, 0.717) is 11.4 Å². The van der Waals surface area contributed by atoms with E-state index in [1.54, 1.807) is 19.3 Å². The lowest BCUT2D eigenvalue weighted by molar-refractivity contribution is -0.132. The molecular weight excluding hydrogens is 331 g/mol. The number of rotatable bonds is 5. The molecule has 0 fully saturated rings. The van der Waals surface area contributed by atoms with Gasteiger partial charge in [-0.3, -0.25) is 14.0 Å². The van der Waals surface area contributed by atoms with Crippen molar-refractivity contribution in [1.82, 2.24) is 14.3 Å². The Morgan fingerprint density at radius 1 is 1.42 bits per heavy atom. The number of imidazole rings is 1. The number of amides is 2. The molecule has 0 bridgehead atoms. The van der Waals surface area contributed by atoms with Gasteiger partial charge in [0.15, 0.2) is 4.96 Å². The standard InChI is InChI=1S/C16H15FN4O2S/c1-20(10-14(22)18-12-4-2-3-11(17)7-12)15(23)8-13-9-21-5-6-24-16(21)19-13/h2-7,9H,8,10H2,1H3,(H,18,22). The molecule has 3 rings (SSSR count). The van der Waals surface area contributed by atoms with Crippen LogP contribution in [0.15, 0.2) is 42.0 Å². The van der Waals surface area contributed by atoms with Crippen LogP contribution in [0, 0.1) is 5.82 Å². The second-order valence-corrected chi connectivity index (χ2v) is 6.18. The molecule has 2 amide bonds. The first-order chi connectivity index (χ1) is 11.5. The number of benzene rings is 1. The summed E-state index contributed by atoms with van der Waals surface area (Å²) >= 11 is 1.49. The third kappa shape index (κ3) is 3.77. The van der Waals surface area contributed by atoms with Gasteiger partial charge >= 0.3 is 0 Å². The molecule has 0 aliphatic rings. The molecule has 6 nitrogen and oxygen atoms in total. The molecular formula is C16H15FN4O2S. The summed E-state index contributed by atoms with van der Waals surface area (Å²) < 4.78 is 14.9. The SMILES string of the molecule is CN(CC(=O)Nc1cccc(F)c1)C(=O)Cc1cn2ccsc2n1. The number of carbonyl (C=O) groups excluding carboxylic acids is 2. The van der Waals surface area contributed by atoms with Gasteiger partial charge < -0.3 is 10.2 Å². The number of thiazole rings is 1. The van der Waals surface area contributed by atoms with Crippen molar-refractivity contribution in [2.75, 3.05) is 18.9 Å². The second-order valence-electron chi connectivity index (χ2n) is 5.31. The van der Waals surface area contributed by atoms with Gasteiger partial charge in [0.1, 0.15) is 5.82 Å². The predicted molar refractivity (Wildman–Crippen MR) is 89.4 cm³/mol. The highest BCUT2D eigenvalue weighted by Gasteiger charge is 2.15. The van der Waals surface area contributed by atoms with Gasteiger partial charge in [0.05, 0.1) is 18.7 Å². The zero-order valence-corrected chi connectivity index (χ0v) is 13.7. The van der Waals surface area contributed by atoms with Crippen LogP contribution >= 0.6 is 11.3 Å². The smallest absolute Gasteiger partial charge is 0.243 e. The molecule has 1 N–H and O–H groups in total. The van der Waals surface area contributed by atoms with Crippen LogP contribution in [0.4, 0.5) is 10.1 Å². The monoisotopic (exact) mass is 346 g/mol. The lowest BCUT2D eigenvalue weighted by Crippen LogP contribution is -2.35. The molecule has 8 heteroatoms. The summed E-state index contributed by atoms with van der Waals surface area (Å²) in [5.74, 6) is -1.03. The molecule has 24 heavy (non-hydrogen) atoms. The number of halogens is 1. The van der Waals surface area contributed by atoms with Crippen LogP contribution in [0.3, 0.4) is 0 Å². The van der Waals surface area contributed by atoms with Crippen LogP contribution in [-0.4, -0.2) is 39.7 Å². The maximum absolute atomic E-state index is 13.1. The van der Waals surface area contributed by atoms with Crippen molar-refractivity contribution in [3.63, 3.8) is 0 Å². The molecule has 124 valence electrons. The third-order valence-electron chi connectivity index (χ3n) is 3.39. The van der Waals surface area contributed by atoms with E-state index in [1.807, 2.05) is 16.0 Å². The molecule has 0 aliphatic heterocycles. The Morgan fingerprint density at radius 2 is 2.25 bits per heavy atom. The molecule has 0 unspecified atom stereocenters. The molecule has 3 aromatic rings. The van der Waals surface area contributed by atoms with Crippen LogP contribution in [0.25, 0.3) is 4.96 Å². The summed E-state index contributed by atoms with van der Waals surface area (Å²) in [6, 6.07) is 5.60. The van der Waals surface area contributed by atoms with Gasteiger partial charge in [0.2, 0.25) is 11.8 Å². The Hall–Kier alpha value is -2.74. The van der Waals surface area contributed by atoms with Gasteiger partial charge in [0, 0.05) is 30.5 Å². The summed E-state index contributed by atoms with van der Waals surface area (Å²) in [5.41, 5.74) is 1.01. The van der Waals surface area contributed by atoms with Gasteiger partial charge in [-0.1, -0.05) is 6.07 Å². The Balaban J connectivity index is 1.55. The van der Waals surface area contributed by atoms with Gasteiger partial charge in [-0.15, -0.1) is 11.3 Å². The number of hydrogen-bond acceptors (Lipinski definition) is 4. The van der Waals surface area contributed by atoms with E-state index in [4.69, 9.17) is 0 Å². The van der Waals surface area contributed by atoms with Crippen molar-refractivity contribution < 1.29 is 14.0 Å². The fourth-order valence-corrected chi connectivity index (χ4v) is 2.94. The fourth-order valence-electron chi connectivity index (χ4n) is 2.22. The highest BCUT2D eigenvalue weighted by atomic mass is 32.1. The number of likely N-dealkylation sites (N-methyl/N-ethyl adjacent to an activating group) is 1. The Morgan fingerprint density at radius 3 is 3.00 bits per heavy atom. The number of nitrogens with zero attached hydrogens (tertiary/aromatic N) is 3. The Labute approximate surface area is 141 Å². The van der Waals surface area contributed by atoms with Crippen LogP contribution in [0.2, 0.25) is 0 Å². The summed E-state index contributed by atoms with van der Waals surface area (Å²) in [7, 11) is 1.55. The predicted octanol–water partition coefficient (Wildman–Crippen LogP) is 2.17. The molecule has 0 saturated heterocycles. The van der Waals surface area contributed by atoms with E-state index >= 15 is 0 Å². The number of carbonyl (C=O) groups is 2. The largest absolute Gasteiger partial charge is 0.336 e. The van der Waals surface area contributed by atoms with E-state index < -0.39 is 5.82 Å². The van der Waals surface area contributed by atoms with E-state index in [1.165, 1.54) is 34.4 Å². The minimum atomic E-state index is -0.433. The van der Waals surface area contributed by atoms with E-state index in [-0.39, 0.29) is 24.8 Å². The fraction of sp³-hybridized carbons (Fsp3) is 0.188. The van der Waals surface area contributed by atoms with Crippen molar-refractivity contribution in [2.45, 2.75) is 6.42 Å². The van der Waals surface area contributed by atoms with E-state index in [0.717, 1.165) is 4.96 Å². The van der Waals surface area contributed by atoms with Crippen molar-refractivity contribution in [3.05, 3.63) is 53.6 Å². The highest BCUT2D eigenvalue weighted by Crippen LogP contribution is 2.12. The maximum Gasteiger partial charge on any atom is 0.243 e. The van der Waals surface area contributed by atoms with Crippen LogP contribution < -0.4 is 5.32 Å². The van der Waals surface area contributed by atoms with Crippen LogP contribution in [0.5, 0.6) is 0 Å². The molecule has 2 heterocycles. The molecule has 0 atom stereocenters. The molecule has 2 aromatic heterocycles. The number of nitrogens with one attached hydrogen (secondary N) is 1. The summed E-state index contributed by atoms with van der Waals surface area (Å²) in [6.07, 6.45) is 3.79. The van der Waals surface area contributed by atoms with Gasteiger partial charge in [-0.2, -0.15) is 0 Å². The van der Waals surface area contributed by atoms with Crippen LogP contribution in [0.1, 0.15) is 5.69 Å². The minimum absolute atomic E-state index is 0.114. The molecule has 0 aliphatic carbocycles. The topological polar surface area (TPSA) is 66.7 Å². The molecule has 1 aromatic carbocycles. The van der Waals surface area contributed by atoms with Crippen LogP contribution in [-0.2, 0) is 16.0 Å². The highest BCUT2D eigenvalue weighted by molar-refractivity contribution is 7.15. The lowest BCUT2D eigenvalue weighted by atomic mass is 10.3. The maximum atomic E-state index is 13.1. The van der Waals surface area contributed by atoms with Crippen molar-refractivity contribution in [1.29, 1.82) is 0 Å². The summed E-state index contributed by atoms with van der Waals surface area (Å²) in [4.78, 5) is 30.6.